The van der Waals surface area contributed by atoms with Gasteiger partial charge in [0.1, 0.15) is 10.9 Å². The summed E-state index contributed by atoms with van der Waals surface area (Å²) in [5.74, 6) is 0.763. The molecule has 0 spiro atoms. The molecule has 0 N–H and O–H groups in total. The van der Waals surface area contributed by atoms with Crippen LogP contribution in [0.2, 0.25) is 15.2 Å². The third kappa shape index (κ3) is 2.89. The van der Waals surface area contributed by atoms with Crippen LogP contribution >= 0.6 is 34.8 Å². The summed E-state index contributed by atoms with van der Waals surface area (Å²) in [5, 5.41) is 1.03. The molecule has 0 aliphatic heterocycles. The molecule has 94 valence electrons. The predicted molar refractivity (Wildman–Crippen MR) is 75.9 cm³/mol. The molecule has 5 heteroatoms. The molecule has 1 aromatic carbocycles. The number of nitrogens with zero attached hydrogens (tertiary/aromatic N) is 1. The van der Waals surface area contributed by atoms with Crippen molar-refractivity contribution in [1.29, 1.82) is 0 Å². The van der Waals surface area contributed by atoms with Crippen LogP contribution in [0.3, 0.4) is 0 Å². The molecule has 0 saturated heterocycles. The first-order valence-electron chi connectivity index (χ1n) is 5.36. The van der Waals surface area contributed by atoms with E-state index >= 15 is 0 Å². The first-order valence-corrected chi connectivity index (χ1v) is 6.50. The lowest BCUT2D eigenvalue weighted by atomic mass is 10.1. The number of pyridine rings is 1. The maximum absolute atomic E-state index is 6.12. The Morgan fingerprint density at radius 2 is 1.89 bits per heavy atom. The van der Waals surface area contributed by atoms with Gasteiger partial charge < -0.3 is 4.74 Å². The number of halogens is 3. The largest absolute Gasteiger partial charge is 0.494 e. The van der Waals surface area contributed by atoms with Crippen LogP contribution < -0.4 is 4.74 Å². The Kier molecular flexibility index (Phi) is 4.33. The molecule has 1 heterocycles. The summed E-state index contributed by atoms with van der Waals surface area (Å²) in [6.07, 6.45) is 0. The summed E-state index contributed by atoms with van der Waals surface area (Å²) in [6.45, 7) is 2.53. The highest BCUT2D eigenvalue weighted by molar-refractivity contribution is 6.42. The molecule has 1 aromatic heterocycles. The number of aromatic nitrogens is 1. The summed E-state index contributed by atoms with van der Waals surface area (Å²) in [6, 6.07) is 9.09. The first kappa shape index (κ1) is 13.5. The Labute approximate surface area is 120 Å². The van der Waals surface area contributed by atoms with Crippen molar-refractivity contribution < 1.29 is 4.74 Å². The summed E-state index contributed by atoms with van der Waals surface area (Å²) in [4.78, 5) is 4.19. The quantitative estimate of drug-likeness (QED) is 0.735. The fraction of sp³-hybridized carbons (Fsp3) is 0.154. The van der Waals surface area contributed by atoms with Crippen molar-refractivity contribution in [2.24, 2.45) is 0 Å². The molecule has 0 unspecified atom stereocenters. The van der Waals surface area contributed by atoms with Gasteiger partial charge in [-0.25, -0.2) is 4.98 Å². The summed E-state index contributed by atoms with van der Waals surface area (Å²) in [5.41, 5.74) is 1.43. The molecule has 0 aliphatic carbocycles. The second kappa shape index (κ2) is 5.79. The number of benzene rings is 1. The monoisotopic (exact) mass is 301 g/mol. The van der Waals surface area contributed by atoms with Gasteiger partial charge in [0.2, 0.25) is 0 Å². The van der Waals surface area contributed by atoms with Gasteiger partial charge in [-0.1, -0.05) is 46.9 Å². The van der Waals surface area contributed by atoms with Crippen LogP contribution in [-0.2, 0) is 0 Å². The van der Waals surface area contributed by atoms with Crippen molar-refractivity contribution in [2.45, 2.75) is 6.92 Å². The molecule has 0 radical (unpaired) electrons. The highest BCUT2D eigenvalue weighted by atomic mass is 35.5. The van der Waals surface area contributed by atoms with Gasteiger partial charge in [0.05, 0.1) is 22.3 Å². The van der Waals surface area contributed by atoms with E-state index < -0.39 is 0 Å². The molecule has 2 rings (SSSR count). The lowest BCUT2D eigenvalue weighted by molar-refractivity contribution is 0.340. The molecule has 18 heavy (non-hydrogen) atoms. The Morgan fingerprint density at radius 1 is 1.11 bits per heavy atom. The predicted octanol–water partition coefficient (Wildman–Crippen LogP) is 5.11. The second-order valence-corrected chi connectivity index (χ2v) is 4.72. The van der Waals surface area contributed by atoms with Crippen molar-refractivity contribution in [3.05, 3.63) is 45.5 Å². The van der Waals surface area contributed by atoms with Gasteiger partial charge in [0, 0.05) is 5.56 Å². The van der Waals surface area contributed by atoms with E-state index in [2.05, 4.69) is 4.98 Å². The van der Waals surface area contributed by atoms with E-state index in [1.807, 2.05) is 31.2 Å². The maximum atomic E-state index is 6.12. The van der Waals surface area contributed by atoms with Crippen molar-refractivity contribution in [2.75, 3.05) is 6.61 Å². The van der Waals surface area contributed by atoms with Crippen molar-refractivity contribution in [3.8, 4) is 17.0 Å². The Morgan fingerprint density at radius 3 is 2.61 bits per heavy atom. The average molecular weight is 303 g/mol. The van der Waals surface area contributed by atoms with Crippen LogP contribution in [0.15, 0.2) is 30.3 Å². The number of ether oxygens (including phenoxy) is 1. The summed E-state index contributed by atoms with van der Waals surface area (Å²) >= 11 is 17.9. The molecule has 0 aliphatic rings. The molecule has 0 bridgehead atoms. The maximum Gasteiger partial charge on any atom is 0.148 e. The fourth-order valence-electron chi connectivity index (χ4n) is 1.55. The zero-order chi connectivity index (χ0) is 13.1. The van der Waals surface area contributed by atoms with Crippen LogP contribution in [-0.4, -0.2) is 11.6 Å². The van der Waals surface area contributed by atoms with Crippen LogP contribution in [0.1, 0.15) is 6.92 Å². The van der Waals surface area contributed by atoms with Crippen LogP contribution in [0.5, 0.6) is 5.75 Å². The fourth-order valence-corrected chi connectivity index (χ4v) is 2.15. The Bertz CT molecular complexity index is 572. The van der Waals surface area contributed by atoms with E-state index in [-0.39, 0.29) is 5.15 Å². The number of hydrogen-bond donors (Lipinski definition) is 0. The standard InChI is InChI=1S/C13H10Cl3NO/c1-2-18-9-5-3-4-8(6-9)12-10(14)7-11(15)13(16)17-12/h3-7H,2H2,1H3. The summed E-state index contributed by atoms with van der Waals surface area (Å²) in [7, 11) is 0. The molecule has 0 atom stereocenters. The zero-order valence-electron chi connectivity index (χ0n) is 9.58. The Balaban J connectivity index is 2.48. The molecule has 2 aromatic rings. The third-order valence-electron chi connectivity index (χ3n) is 2.31. The topological polar surface area (TPSA) is 22.1 Å². The lowest BCUT2D eigenvalue weighted by Gasteiger charge is -2.08. The normalized spacial score (nSPS) is 10.4. The van der Waals surface area contributed by atoms with Gasteiger partial charge in [-0.2, -0.15) is 0 Å². The van der Waals surface area contributed by atoms with Crippen molar-refractivity contribution in [3.63, 3.8) is 0 Å². The van der Waals surface area contributed by atoms with Crippen molar-refractivity contribution >= 4 is 34.8 Å². The molecule has 0 fully saturated rings. The lowest BCUT2D eigenvalue weighted by Crippen LogP contribution is -1.92. The van der Waals surface area contributed by atoms with E-state index in [0.717, 1.165) is 11.3 Å². The van der Waals surface area contributed by atoms with Crippen LogP contribution in [0, 0.1) is 0 Å². The molecular formula is C13H10Cl3NO. The number of hydrogen-bond acceptors (Lipinski definition) is 2. The molecule has 0 amide bonds. The van der Waals surface area contributed by atoms with Crippen molar-refractivity contribution in [1.82, 2.24) is 4.98 Å². The second-order valence-electron chi connectivity index (χ2n) is 3.55. The minimum Gasteiger partial charge on any atom is -0.494 e. The molecular weight excluding hydrogens is 293 g/mol. The van der Waals surface area contributed by atoms with Gasteiger partial charge in [-0.3, -0.25) is 0 Å². The minimum absolute atomic E-state index is 0.234. The zero-order valence-corrected chi connectivity index (χ0v) is 11.9. The van der Waals surface area contributed by atoms with Gasteiger partial charge in [-0.15, -0.1) is 0 Å². The minimum atomic E-state index is 0.234. The van der Waals surface area contributed by atoms with E-state index in [1.165, 1.54) is 0 Å². The third-order valence-corrected chi connectivity index (χ3v) is 3.27. The number of rotatable bonds is 3. The van der Waals surface area contributed by atoms with Gasteiger partial charge in [-0.05, 0) is 25.1 Å². The smallest absolute Gasteiger partial charge is 0.148 e. The summed E-state index contributed by atoms with van der Waals surface area (Å²) < 4.78 is 5.43. The van der Waals surface area contributed by atoms with E-state index in [1.54, 1.807) is 6.07 Å². The Hall–Kier alpha value is -0.960. The average Bonchev–Trinajstić information content (AvgIpc) is 2.34. The van der Waals surface area contributed by atoms with Gasteiger partial charge >= 0.3 is 0 Å². The molecule has 2 nitrogen and oxygen atoms in total. The van der Waals surface area contributed by atoms with E-state index in [9.17, 15) is 0 Å². The van der Waals surface area contributed by atoms with Gasteiger partial charge in [0.15, 0.2) is 0 Å². The van der Waals surface area contributed by atoms with E-state index in [4.69, 9.17) is 39.5 Å². The SMILES string of the molecule is CCOc1cccc(-c2nc(Cl)c(Cl)cc2Cl)c1. The highest BCUT2D eigenvalue weighted by Crippen LogP contribution is 2.33. The first-order chi connectivity index (χ1) is 8.61. The van der Waals surface area contributed by atoms with Crippen LogP contribution in [0.4, 0.5) is 0 Å². The molecule has 0 saturated carbocycles. The van der Waals surface area contributed by atoms with Crippen LogP contribution in [0.25, 0.3) is 11.3 Å². The van der Waals surface area contributed by atoms with Gasteiger partial charge in [0.25, 0.3) is 0 Å². The highest BCUT2D eigenvalue weighted by Gasteiger charge is 2.10. The van der Waals surface area contributed by atoms with E-state index in [0.29, 0.717) is 22.3 Å².